The van der Waals surface area contributed by atoms with Gasteiger partial charge in [-0.2, -0.15) is 0 Å². The van der Waals surface area contributed by atoms with Crippen molar-refractivity contribution < 1.29 is 4.79 Å². The summed E-state index contributed by atoms with van der Waals surface area (Å²) in [6.07, 6.45) is 3.46. The minimum absolute atomic E-state index is 0.0653. The molecule has 0 saturated heterocycles. The maximum absolute atomic E-state index is 12.1. The van der Waals surface area contributed by atoms with Gasteiger partial charge in [0.25, 0.3) is 5.91 Å². The van der Waals surface area contributed by atoms with E-state index in [0.29, 0.717) is 6.04 Å². The molecule has 19 heavy (non-hydrogen) atoms. The summed E-state index contributed by atoms with van der Waals surface area (Å²) < 4.78 is 0. The summed E-state index contributed by atoms with van der Waals surface area (Å²) in [5.74, 6) is 0.809. The highest BCUT2D eigenvalue weighted by Gasteiger charge is 2.22. The molecule has 0 spiro atoms. The molecule has 1 aliphatic carbocycles. The van der Waals surface area contributed by atoms with Crippen molar-refractivity contribution in [1.29, 1.82) is 0 Å². The van der Waals surface area contributed by atoms with Crippen LogP contribution in [0.1, 0.15) is 42.1 Å². The first kappa shape index (κ1) is 14.1. The van der Waals surface area contributed by atoms with Crippen molar-refractivity contribution in [2.24, 2.45) is 5.92 Å². The molecule has 2 rings (SSSR count). The zero-order valence-corrected chi connectivity index (χ0v) is 12.1. The van der Waals surface area contributed by atoms with Crippen LogP contribution in [0.5, 0.6) is 0 Å². The smallest absolute Gasteiger partial charge is 0.251 e. The molecule has 1 aromatic carbocycles. The molecule has 0 bridgehead atoms. The van der Waals surface area contributed by atoms with Gasteiger partial charge in [-0.1, -0.05) is 19.1 Å². The fourth-order valence-electron chi connectivity index (χ4n) is 2.73. The summed E-state index contributed by atoms with van der Waals surface area (Å²) in [4.78, 5) is 14.2. The highest BCUT2D eigenvalue weighted by atomic mass is 16.1. The maximum atomic E-state index is 12.1. The lowest BCUT2D eigenvalue weighted by molar-refractivity contribution is 0.0937. The highest BCUT2D eigenvalue weighted by Crippen LogP contribution is 2.24. The second-order valence-electron chi connectivity index (χ2n) is 6.02. The molecule has 1 saturated carbocycles. The third kappa shape index (κ3) is 4.06. The Hall–Kier alpha value is -1.35. The van der Waals surface area contributed by atoms with Gasteiger partial charge in [0.1, 0.15) is 0 Å². The molecule has 1 amide bonds. The summed E-state index contributed by atoms with van der Waals surface area (Å²) in [5.41, 5.74) is 2.00. The van der Waals surface area contributed by atoms with Gasteiger partial charge in [-0.05, 0) is 57.0 Å². The van der Waals surface area contributed by atoms with E-state index in [1.54, 1.807) is 0 Å². The van der Waals surface area contributed by atoms with E-state index in [2.05, 4.69) is 17.1 Å². The Morgan fingerprint density at radius 2 is 1.95 bits per heavy atom. The number of carbonyl (C=O) groups excluding carboxylic acids is 1. The number of nitrogens with zero attached hydrogens (tertiary/aromatic N) is 1. The first-order valence-corrected chi connectivity index (χ1v) is 7.09. The predicted molar refractivity (Wildman–Crippen MR) is 78.1 cm³/mol. The molecule has 3 heteroatoms. The Morgan fingerprint density at radius 1 is 1.26 bits per heavy atom. The van der Waals surface area contributed by atoms with Gasteiger partial charge < -0.3 is 10.2 Å². The standard InChI is InChI=1S/C16H24N2O/c1-12-4-9-15(10-12)17-16(19)14-7-5-13(6-8-14)11-18(2)3/h5-8,12,15H,4,9-11H2,1-3H3,(H,17,19). The van der Waals surface area contributed by atoms with Gasteiger partial charge in [-0.25, -0.2) is 0 Å². The Bertz CT molecular complexity index is 425. The molecule has 0 radical (unpaired) electrons. The molecule has 3 nitrogen and oxygen atoms in total. The first-order valence-electron chi connectivity index (χ1n) is 7.09. The molecular weight excluding hydrogens is 236 g/mol. The number of hydrogen-bond acceptors (Lipinski definition) is 2. The quantitative estimate of drug-likeness (QED) is 0.902. The van der Waals surface area contributed by atoms with Crippen molar-refractivity contribution in [3.8, 4) is 0 Å². The average Bonchev–Trinajstić information content (AvgIpc) is 2.75. The number of hydrogen-bond donors (Lipinski definition) is 1. The van der Waals surface area contributed by atoms with Crippen LogP contribution >= 0.6 is 0 Å². The van der Waals surface area contributed by atoms with Crippen molar-refractivity contribution in [2.75, 3.05) is 14.1 Å². The number of benzene rings is 1. The SMILES string of the molecule is CC1CCC(NC(=O)c2ccc(CN(C)C)cc2)C1. The number of carbonyl (C=O) groups is 1. The molecule has 0 heterocycles. The van der Waals surface area contributed by atoms with Gasteiger partial charge in [-0.15, -0.1) is 0 Å². The second kappa shape index (κ2) is 6.20. The molecule has 104 valence electrons. The van der Waals surface area contributed by atoms with Gasteiger partial charge in [-0.3, -0.25) is 4.79 Å². The Morgan fingerprint density at radius 3 is 2.47 bits per heavy atom. The van der Waals surface area contributed by atoms with Gasteiger partial charge in [0, 0.05) is 18.2 Å². The van der Waals surface area contributed by atoms with Crippen LogP contribution in [0.3, 0.4) is 0 Å². The van der Waals surface area contributed by atoms with Crippen LogP contribution in [0, 0.1) is 5.92 Å². The van der Waals surface area contributed by atoms with Gasteiger partial charge in [0.15, 0.2) is 0 Å². The molecule has 1 aliphatic rings. The molecular formula is C16H24N2O. The van der Waals surface area contributed by atoms with Crippen LogP contribution < -0.4 is 5.32 Å². The highest BCUT2D eigenvalue weighted by molar-refractivity contribution is 5.94. The number of rotatable bonds is 4. The van der Waals surface area contributed by atoms with Gasteiger partial charge in [0.2, 0.25) is 0 Å². The molecule has 2 atom stereocenters. The van der Waals surface area contributed by atoms with Gasteiger partial charge in [0.05, 0.1) is 0 Å². The summed E-state index contributed by atoms with van der Waals surface area (Å²) in [6, 6.07) is 8.28. The minimum Gasteiger partial charge on any atom is -0.349 e. The molecule has 1 N–H and O–H groups in total. The fraction of sp³-hybridized carbons (Fsp3) is 0.562. The van der Waals surface area contributed by atoms with Crippen molar-refractivity contribution in [2.45, 2.75) is 38.8 Å². The molecule has 1 aromatic rings. The molecule has 0 aliphatic heterocycles. The average molecular weight is 260 g/mol. The van der Waals surface area contributed by atoms with Crippen LogP contribution in [0.4, 0.5) is 0 Å². The van der Waals surface area contributed by atoms with E-state index in [4.69, 9.17) is 0 Å². The van der Waals surface area contributed by atoms with Crippen LogP contribution in [0.15, 0.2) is 24.3 Å². The van der Waals surface area contributed by atoms with Crippen LogP contribution in [0.25, 0.3) is 0 Å². The van der Waals surface area contributed by atoms with E-state index in [0.717, 1.165) is 30.9 Å². The topological polar surface area (TPSA) is 32.3 Å². The van der Waals surface area contributed by atoms with E-state index in [1.165, 1.54) is 12.0 Å². The molecule has 0 aromatic heterocycles. The monoisotopic (exact) mass is 260 g/mol. The maximum Gasteiger partial charge on any atom is 0.251 e. The lowest BCUT2D eigenvalue weighted by Crippen LogP contribution is -2.32. The Kier molecular flexibility index (Phi) is 4.59. The third-order valence-electron chi connectivity index (χ3n) is 3.74. The van der Waals surface area contributed by atoms with E-state index < -0.39 is 0 Å². The Labute approximate surface area is 116 Å². The summed E-state index contributed by atoms with van der Waals surface area (Å²) in [7, 11) is 4.09. The van der Waals surface area contributed by atoms with E-state index in [9.17, 15) is 4.79 Å². The third-order valence-corrected chi connectivity index (χ3v) is 3.74. The number of nitrogens with one attached hydrogen (secondary N) is 1. The van der Waals surface area contributed by atoms with Gasteiger partial charge >= 0.3 is 0 Å². The number of amides is 1. The summed E-state index contributed by atoms with van der Waals surface area (Å²) >= 11 is 0. The van der Waals surface area contributed by atoms with Crippen molar-refractivity contribution in [1.82, 2.24) is 10.2 Å². The van der Waals surface area contributed by atoms with Crippen molar-refractivity contribution >= 4 is 5.91 Å². The summed E-state index contributed by atoms with van der Waals surface area (Å²) in [5, 5.41) is 3.14. The van der Waals surface area contributed by atoms with Crippen molar-refractivity contribution in [3.05, 3.63) is 35.4 Å². The lowest BCUT2D eigenvalue weighted by atomic mass is 10.1. The zero-order valence-electron chi connectivity index (χ0n) is 12.1. The predicted octanol–water partition coefficient (Wildman–Crippen LogP) is 2.67. The first-order chi connectivity index (χ1) is 9.04. The lowest BCUT2D eigenvalue weighted by Gasteiger charge is -2.13. The van der Waals surface area contributed by atoms with E-state index >= 15 is 0 Å². The fourth-order valence-corrected chi connectivity index (χ4v) is 2.73. The Balaban J connectivity index is 1.92. The van der Waals surface area contributed by atoms with Crippen LogP contribution in [-0.4, -0.2) is 30.9 Å². The molecule has 2 unspecified atom stereocenters. The van der Waals surface area contributed by atoms with Crippen LogP contribution in [-0.2, 0) is 6.54 Å². The molecule has 1 fully saturated rings. The van der Waals surface area contributed by atoms with Crippen LogP contribution in [0.2, 0.25) is 0 Å². The largest absolute Gasteiger partial charge is 0.349 e. The zero-order chi connectivity index (χ0) is 13.8. The van der Waals surface area contributed by atoms with E-state index in [1.807, 2.05) is 38.4 Å². The normalized spacial score (nSPS) is 22.7. The minimum atomic E-state index is 0.0653. The van der Waals surface area contributed by atoms with E-state index in [-0.39, 0.29) is 5.91 Å². The summed E-state index contributed by atoms with van der Waals surface area (Å²) in [6.45, 7) is 3.16. The second-order valence-corrected chi connectivity index (χ2v) is 6.02. The van der Waals surface area contributed by atoms with Crippen molar-refractivity contribution in [3.63, 3.8) is 0 Å².